The van der Waals surface area contributed by atoms with Crippen molar-refractivity contribution in [1.82, 2.24) is 9.55 Å². The molecule has 0 unspecified atom stereocenters. The van der Waals surface area contributed by atoms with E-state index in [2.05, 4.69) is 32.0 Å². The quantitative estimate of drug-likeness (QED) is 0.515. The topological polar surface area (TPSA) is 17.8 Å². The fourth-order valence-electron chi connectivity index (χ4n) is 2.80. The van der Waals surface area contributed by atoms with Gasteiger partial charge < -0.3 is 0 Å². The summed E-state index contributed by atoms with van der Waals surface area (Å²) in [4.78, 5) is 4.61. The summed E-state index contributed by atoms with van der Waals surface area (Å²) in [6, 6.07) is 0. The van der Waals surface area contributed by atoms with E-state index < -0.39 is 21.1 Å². The van der Waals surface area contributed by atoms with Crippen molar-refractivity contribution in [3.05, 3.63) is 12.5 Å². The first-order chi connectivity index (χ1) is 10.2. The van der Waals surface area contributed by atoms with Crippen molar-refractivity contribution in [2.45, 2.75) is 82.0 Å². The molecule has 0 fully saturated rings. The normalized spacial score (nSPS) is 12.7. The molecule has 1 rings (SSSR count). The van der Waals surface area contributed by atoms with Gasteiger partial charge in [0.2, 0.25) is 0 Å². The summed E-state index contributed by atoms with van der Waals surface area (Å²) in [6.45, 7) is 6.93. The van der Waals surface area contributed by atoms with Gasteiger partial charge in [0.05, 0.1) is 0 Å². The molecule has 0 bridgehead atoms. The number of unbranched alkanes of at least 4 members (excludes halogenated alkanes) is 3. The second-order valence-electron chi connectivity index (χ2n) is 5.99. The van der Waals surface area contributed by atoms with Gasteiger partial charge in [-0.1, -0.05) is 0 Å². The van der Waals surface area contributed by atoms with Crippen LogP contribution in [-0.4, -0.2) is 30.7 Å². The van der Waals surface area contributed by atoms with E-state index in [-0.39, 0.29) is 0 Å². The SMILES string of the molecule is [2H]Cn1cn[c]([Sn][C](CCCC)(CCCC)CCCC)c1. The summed E-state index contributed by atoms with van der Waals surface area (Å²) in [5.41, 5.74) is 0. The number of imidazole rings is 1. The van der Waals surface area contributed by atoms with Crippen LogP contribution in [0.1, 0.15) is 79.9 Å². The molecule has 2 nitrogen and oxygen atoms in total. The average molecular weight is 384 g/mol. The number of hydrogen-bond donors (Lipinski definition) is 0. The van der Waals surface area contributed by atoms with Gasteiger partial charge in [-0.15, -0.1) is 0 Å². The Morgan fingerprint density at radius 3 is 2.05 bits per heavy atom. The first-order valence-electron chi connectivity index (χ1n) is 8.99. The van der Waals surface area contributed by atoms with Crippen molar-refractivity contribution in [2.75, 3.05) is 0 Å². The van der Waals surface area contributed by atoms with Crippen LogP contribution < -0.4 is 3.71 Å². The van der Waals surface area contributed by atoms with Crippen molar-refractivity contribution in [3.63, 3.8) is 0 Å². The van der Waals surface area contributed by atoms with Crippen LogP contribution in [0.2, 0.25) is 3.43 Å². The third kappa shape index (κ3) is 6.19. The minimum absolute atomic E-state index is 0.304. The van der Waals surface area contributed by atoms with E-state index in [1.54, 1.807) is 0 Å². The Bertz CT molecular complexity index is 357. The maximum atomic E-state index is 7.46. The van der Waals surface area contributed by atoms with Crippen LogP contribution in [0.3, 0.4) is 0 Å². The van der Waals surface area contributed by atoms with Crippen LogP contribution in [0.25, 0.3) is 0 Å². The van der Waals surface area contributed by atoms with E-state index in [1.807, 2.05) is 10.9 Å². The standard InChI is InChI=1S/C13H27.C4H5N2.Sn/c1-4-7-10-13(11-8-5-2)12-9-6-3;1-6-3-2-5-4-6;/h4-12H2,1-3H3;3-4H,1H3;/i;1D;. The second kappa shape index (κ2) is 9.86. The summed E-state index contributed by atoms with van der Waals surface area (Å²) in [5.74, 6) is 0. The van der Waals surface area contributed by atoms with Crippen molar-refractivity contribution in [2.24, 2.45) is 7.02 Å². The summed E-state index contributed by atoms with van der Waals surface area (Å²) < 4.78 is 11.3. The molecule has 0 aliphatic rings. The third-order valence-corrected chi connectivity index (χ3v) is 9.18. The number of hydrogen-bond acceptors (Lipinski definition) is 1. The van der Waals surface area contributed by atoms with Gasteiger partial charge in [-0.25, -0.2) is 0 Å². The number of aryl methyl sites for hydroxylation is 1. The van der Waals surface area contributed by atoms with Crippen LogP contribution in [0.4, 0.5) is 0 Å². The predicted octanol–water partition coefficient (Wildman–Crippen LogP) is 4.48. The van der Waals surface area contributed by atoms with Gasteiger partial charge in [-0.2, -0.15) is 0 Å². The molecule has 0 aliphatic carbocycles. The summed E-state index contributed by atoms with van der Waals surface area (Å²) in [7, 11) is 0.304. The van der Waals surface area contributed by atoms with Gasteiger partial charge >= 0.3 is 137 Å². The number of aromatic nitrogens is 2. The molecule has 1 aromatic heterocycles. The van der Waals surface area contributed by atoms with E-state index in [1.165, 1.54) is 61.5 Å². The zero-order valence-electron chi connectivity index (χ0n) is 14.6. The van der Waals surface area contributed by atoms with E-state index >= 15 is 0 Å². The Kier molecular flexibility index (Phi) is 8.07. The zero-order chi connectivity index (χ0) is 15.6. The summed E-state index contributed by atoms with van der Waals surface area (Å²) in [6.07, 6.45) is 16.2. The second-order valence-corrected chi connectivity index (χ2v) is 11.2. The van der Waals surface area contributed by atoms with Crippen LogP contribution >= 0.6 is 0 Å². The Morgan fingerprint density at radius 2 is 1.65 bits per heavy atom. The molecule has 0 saturated carbocycles. The first kappa shape index (κ1) is 16.4. The molecular formula is C17H32N2Sn. The molecule has 2 radical (unpaired) electrons. The average Bonchev–Trinajstić information content (AvgIpc) is 2.96. The maximum absolute atomic E-state index is 7.46. The fraction of sp³-hybridized carbons (Fsp3) is 0.824. The molecule has 0 saturated heterocycles. The summed E-state index contributed by atoms with van der Waals surface area (Å²) >= 11 is -0.697. The van der Waals surface area contributed by atoms with Gasteiger partial charge in [0.1, 0.15) is 0 Å². The first-order valence-corrected chi connectivity index (χ1v) is 11.1. The van der Waals surface area contributed by atoms with E-state index in [0.717, 1.165) is 0 Å². The molecule has 0 aliphatic heterocycles. The fourth-order valence-corrected chi connectivity index (χ4v) is 7.95. The third-order valence-electron chi connectivity index (χ3n) is 4.05. The molecule has 0 atom stereocenters. The Hall–Kier alpha value is 0.00870. The van der Waals surface area contributed by atoms with Crippen molar-refractivity contribution in [1.29, 1.82) is 0 Å². The molecule has 20 heavy (non-hydrogen) atoms. The van der Waals surface area contributed by atoms with Gasteiger partial charge in [0.25, 0.3) is 0 Å². The minimum atomic E-state index is -0.697. The molecular weight excluding hydrogens is 351 g/mol. The van der Waals surface area contributed by atoms with Crippen molar-refractivity contribution >= 4 is 24.9 Å². The molecule has 3 heteroatoms. The van der Waals surface area contributed by atoms with Gasteiger partial charge in [-0.3, -0.25) is 0 Å². The molecule has 0 spiro atoms. The molecule has 1 aromatic rings. The van der Waals surface area contributed by atoms with Crippen LogP contribution in [0.5, 0.6) is 0 Å². The van der Waals surface area contributed by atoms with E-state index in [0.29, 0.717) is 10.5 Å². The monoisotopic (exact) mass is 385 g/mol. The van der Waals surface area contributed by atoms with Crippen molar-refractivity contribution < 1.29 is 1.37 Å². The van der Waals surface area contributed by atoms with Crippen molar-refractivity contribution in [3.8, 4) is 0 Å². The molecule has 1 heterocycles. The van der Waals surface area contributed by atoms with Crippen LogP contribution in [-0.2, 0) is 7.02 Å². The Morgan fingerprint density at radius 1 is 1.10 bits per heavy atom. The molecule has 0 amide bonds. The number of rotatable bonds is 11. The Labute approximate surface area is 137 Å². The number of nitrogens with zero attached hydrogens (tertiary/aromatic N) is 2. The Balaban J connectivity index is 2.83. The molecule has 0 aromatic carbocycles. The van der Waals surface area contributed by atoms with Crippen LogP contribution in [0.15, 0.2) is 12.5 Å². The molecule has 114 valence electrons. The van der Waals surface area contributed by atoms with Gasteiger partial charge in [0.15, 0.2) is 0 Å². The zero-order valence-corrected chi connectivity index (χ0v) is 16.5. The van der Waals surface area contributed by atoms with Gasteiger partial charge in [0, 0.05) is 0 Å². The van der Waals surface area contributed by atoms with Gasteiger partial charge in [-0.05, 0) is 0 Å². The summed E-state index contributed by atoms with van der Waals surface area (Å²) in [5, 5.41) is 0. The molecule has 0 N–H and O–H groups in total. The van der Waals surface area contributed by atoms with E-state index in [4.69, 9.17) is 1.37 Å². The van der Waals surface area contributed by atoms with E-state index in [9.17, 15) is 0 Å². The van der Waals surface area contributed by atoms with Crippen LogP contribution in [0, 0.1) is 0 Å². The predicted molar refractivity (Wildman–Crippen MR) is 89.9 cm³/mol.